The molecule has 14 heavy (non-hydrogen) atoms. The number of carbonyl (C=O) groups excluding carboxylic acids is 1. The van der Waals surface area contributed by atoms with Crippen molar-refractivity contribution in [2.24, 2.45) is 4.99 Å². The molecule has 0 aromatic heterocycles. The summed E-state index contributed by atoms with van der Waals surface area (Å²) in [5.41, 5.74) is 0.587. The number of rotatable bonds is 1. The normalized spacial score (nSPS) is 17.5. The maximum atomic E-state index is 10.7. The molecule has 0 spiro atoms. The van der Waals surface area contributed by atoms with Crippen LogP contribution in [0.1, 0.15) is 0 Å². The van der Waals surface area contributed by atoms with E-state index in [1.165, 1.54) is 12.2 Å². The molecule has 1 aliphatic rings. The minimum absolute atomic E-state index is 0.267. The first-order valence-electron chi connectivity index (χ1n) is 3.99. The fraction of sp³-hybridized carbons (Fsp3) is 0. The van der Waals surface area contributed by atoms with Gasteiger partial charge in [0.1, 0.15) is 0 Å². The lowest BCUT2D eigenvalue weighted by molar-refractivity contribution is -0.129. The standard InChI is InChI=1S/C10H6ClNO2/c11-7-3-1-2-4-8(7)12-9-5-6-10(13)14-9/h1-6H. The van der Waals surface area contributed by atoms with Gasteiger partial charge >= 0.3 is 5.97 Å². The smallest absolute Gasteiger partial charge is 0.337 e. The van der Waals surface area contributed by atoms with E-state index in [2.05, 4.69) is 4.99 Å². The van der Waals surface area contributed by atoms with Gasteiger partial charge in [-0.25, -0.2) is 9.79 Å². The lowest BCUT2D eigenvalue weighted by Gasteiger charge is -1.97. The van der Waals surface area contributed by atoms with Crippen LogP contribution in [0.3, 0.4) is 0 Å². The summed E-state index contributed by atoms with van der Waals surface area (Å²) in [7, 11) is 0. The third kappa shape index (κ3) is 1.83. The summed E-state index contributed by atoms with van der Waals surface area (Å²) in [6.07, 6.45) is 2.82. The zero-order valence-electron chi connectivity index (χ0n) is 7.11. The van der Waals surface area contributed by atoms with Crippen LogP contribution in [0.25, 0.3) is 0 Å². The summed E-state index contributed by atoms with van der Waals surface area (Å²) in [6.45, 7) is 0. The van der Waals surface area contributed by atoms with Gasteiger partial charge in [0.2, 0.25) is 5.90 Å². The van der Waals surface area contributed by atoms with Gasteiger partial charge in [0.05, 0.1) is 10.7 Å². The summed E-state index contributed by atoms with van der Waals surface area (Å²) >= 11 is 5.87. The van der Waals surface area contributed by atoms with Crippen LogP contribution >= 0.6 is 11.6 Å². The van der Waals surface area contributed by atoms with Gasteiger partial charge < -0.3 is 4.74 Å². The lowest BCUT2D eigenvalue weighted by Crippen LogP contribution is -1.98. The summed E-state index contributed by atoms with van der Waals surface area (Å²) in [6, 6.07) is 7.09. The summed E-state index contributed by atoms with van der Waals surface area (Å²) in [4.78, 5) is 14.8. The quantitative estimate of drug-likeness (QED) is 0.664. The van der Waals surface area contributed by atoms with Crippen LogP contribution in [-0.2, 0) is 9.53 Å². The molecule has 0 saturated heterocycles. The second-order valence-electron chi connectivity index (χ2n) is 2.66. The first kappa shape index (κ1) is 8.97. The van der Waals surface area contributed by atoms with Crippen molar-refractivity contribution in [2.45, 2.75) is 0 Å². The van der Waals surface area contributed by atoms with Gasteiger partial charge in [0.15, 0.2) is 0 Å². The van der Waals surface area contributed by atoms with E-state index >= 15 is 0 Å². The fourth-order valence-electron chi connectivity index (χ4n) is 1.03. The number of ether oxygens (including phenoxy) is 1. The van der Waals surface area contributed by atoms with Crippen LogP contribution in [0.4, 0.5) is 5.69 Å². The number of aliphatic imine (C=N–C) groups is 1. The van der Waals surface area contributed by atoms with Gasteiger partial charge in [-0.15, -0.1) is 0 Å². The minimum atomic E-state index is -0.407. The number of cyclic esters (lactones) is 1. The summed E-state index contributed by atoms with van der Waals surface area (Å²) in [5.74, 6) is -0.140. The first-order valence-corrected chi connectivity index (χ1v) is 4.36. The van der Waals surface area contributed by atoms with Gasteiger partial charge in [-0.1, -0.05) is 23.7 Å². The van der Waals surface area contributed by atoms with Gasteiger partial charge in [0, 0.05) is 12.2 Å². The Morgan fingerprint density at radius 2 is 2.00 bits per heavy atom. The van der Waals surface area contributed by atoms with Crippen molar-refractivity contribution in [1.82, 2.24) is 0 Å². The Morgan fingerprint density at radius 1 is 1.21 bits per heavy atom. The zero-order chi connectivity index (χ0) is 9.97. The average molecular weight is 208 g/mol. The Kier molecular flexibility index (Phi) is 2.33. The van der Waals surface area contributed by atoms with Crippen molar-refractivity contribution in [1.29, 1.82) is 0 Å². The molecule has 2 rings (SSSR count). The highest BCUT2D eigenvalue weighted by Gasteiger charge is 2.11. The van der Waals surface area contributed by atoms with E-state index in [0.717, 1.165) is 0 Å². The molecule has 0 amide bonds. The van der Waals surface area contributed by atoms with Crippen molar-refractivity contribution >= 4 is 29.2 Å². The number of hydrogen-bond acceptors (Lipinski definition) is 3. The van der Waals surface area contributed by atoms with Crippen molar-refractivity contribution < 1.29 is 9.53 Å². The molecule has 0 bridgehead atoms. The Morgan fingerprint density at radius 3 is 2.64 bits per heavy atom. The predicted molar refractivity (Wildman–Crippen MR) is 53.8 cm³/mol. The molecule has 1 heterocycles. The third-order valence-corrected chi connectivity index (χ3v) is 1.97. The van der Waals surface area contributed by atoms with Crippen LogP contribution in [0.5, 0.6) is 0 Å². The van der Waals surface area contributed by atoms with Crippen LogP contribution in [0, 0.1) is 0 Å². The van der Waals surface area contributed by atoms with Crippen LogP contribution in [0.2, 0.25) is 5.02 Å². The molecule has 1 aromatic carbocycles. The van der Waals surface area contributed by atoms with Crippen LogP contribution in [0.15, 0.2) is 41.4 Å². The molecule has 0 radical (unpaired) electrons. The topological polar surface area (TPSA) is 38.7 Å². The van der Waals surface area contributed by atoms with Gasteiger partial charge in [-0.2, -0.15) is 0 Å². The van der Waals surface area contributed by atoms with E-state index in [1.54, 1.807) is 12.1 Å². The highest BCUT2D eigenvalue weighted by atomic mass is 35.5. The third-order valence-electron chi connectivity index (χ3n) is 1.65. The Bertz CT molecular complexity index is 438. The molecule has 0 unspecified atom stereocenters. The van der Waals surface area contributed by atoms with E-state index in [0.29, 0.717) is 10.7 Å². The SMILES string of the molecule is O=C1C=CC(=Nc2ccccc2Cl)O1. The van der Waals surface area contributed by atoms with Gasteiger partial charge in [-0.3, -0.25) is 0 Å². The second-order valence-corrected chi connectivity index (χ2v) is 3.06. The lowest BCUT2D eigenvalue weighted by atomic mass is 10.3. The molecule has 1 aromatic rings. The van der Waals surface area contributed by atoms with Gasteiger partial charge in [0.25, 0.3) is 0 Å². The largest absolute Gasteiger partial charge is 0.404 e. The van der Waals surface area contributed by atoms with Crippen molar-refractivity contribution in [3.8, 4) is 0 Å². The number of nitrogens with zero attached hydrogens (tertiary/aromatic N) is 1. The highest BCUT2D eigenvalue weighted by Crippen LogP contribution is 2.24. The molecule has 0 aliphatic carbocycles. The number of carbonyl (C=O) groups is 1. The summed E-state index contributed by atoms with van der Waals surface area (Å²) < 4.78 is 4.76. The van der Waals surface area contributed by atoms with Crippen molar-refractivity contribution in [2.75, 3.05) is 0 Å². The van der Waals surface area contributed by atoms with E-state index < -0.39 is 5.97 Å². The molecule has 3 nitrogen and oxygen atoms in total. The van der Waals surface area contributed by atoms with E-state index in [4.69, 9.17) is 16.3 Å². The molecular weight excluding hydrogens is 202 g/mol. The van der Waals surface area contributed by atoms with Crippen LogP contribution < -0.4 is 0 Å². The second kappa shape index (κ2) is 3.64. The highest BCUT2D eigenvalue weighted by molar-refractivity contribution is 6.33. The first-order chi connectivity index (χ1) is 6.75. The van der Waals surface area contributed by atoms with E-state index in [-0.39, 0.29) is 5.90 Å². The molecular formula is C10H6ClNO2. The average Bonchev–Trinajstić information content (AvgIpc) is 2.56. The molecule has 0 atom stereocenters. The maximum absolute atomic E-state index is 10.7. The van der Waals surface area contributed by atoms with Crippen molar-refractivity contribution in [3.05, 3.63) is 41.4 Å². The van der Waals surface area contributed by atoms with Crippen LogP contribution in [-0.4, -0.2) is 11.9 Å². The van der Waals surface area contributed by atoms with Gasteiger partial charge in [-0.05, 0) is 12.1 Å². The molecule has 4 heteroatoms. The van der Waals surface area contributed by atoms with E-state index in [9.17, 15) is 4.79 Å². The number of para-hydroxylation sites is 1. The number of hydrogen-bond donors (Lipinski definition) is 0. The molecule has 1 aliphatic heterocycles. The van der Waals surface area contributed by atoms with Crippen molar-refractivity contribution in [3.63, 3.8) is 0 Å². The maximum Gasteiger partial charge on any atom is 0.337 e. The predicted octanol–water partition coefficient (Wildman–Crippen LogP) is 2.48. The number of esters is 1. The Balaban J connectivity index is 2.31. The monoisotopic (exact) mass is 207 g/mol. The molecule has 70 valence electrons. The fourth-order valence-corrected chi connectivity index (χ4v) is 1.21. The molecule has 0 saturated carbocycles. The Labute approximate surface area is 85.7 Å². The van der Waals surface area contributed by atoms with E-state index in [1.807, 2.05) is 12.1 Å². The zero-order valence-corrected chi connectivity index (χ0v) is 7.86. The summed E-state index contributed by atoms with van der Waals surface area (Å²) in [5, 5.41) is 0.524. The molecule has 0 N–H and O–H groups in total. The number of halogens is 1. The molecule has 0 fully saturated rings. The minimum Gasteiger partial charge on any atom is -0.404 e. The Hall–Kier alpha value is -1.61. The number of benzene rings is 1.